The fraction of sp³-hybridized carbons (Fsp3) is 0.471. The average Bonchev–Trinajstić information content (AvgIpc) is 3.16. The zero-order valence-electron chi connectivity index (χ0n) is 12.8. The van der Waals surface area contributed by atoms with Crippen molar-refractivity contribution in [2.24, 2.45) is 0 Å². The maximum atomic E-state index is 5.24. The van der Waals surface area contributed by atoms with Crippen molar-refractivity contribution in [1.29, 1.82) is 0 Å². The molecule has 1 aromatic carbocycles. The van der Waals surface area contributed by atoms with Gasteiger partial charge in [0.05, 0.1) is 12.6 Å². The van der Waals surface area contributed by atoms with Crippen LogP contribution in [0.2, 0.25) is 0 Å². The molecule has 3 rings (SSSR count). The Balaban J connectivity index is 1.83. The van der Waals surface area contributed by atoms with E-state index in [1.165, 1.54) is 23.4 Å². The van der Waals surface area contributed by atoms with Crippen LogP contribution in [0.5, 0.6) is 5.75 Å². The number of hydrogen-bond acceptors (Lipinski definition) is 4. The number of thiazole rings is 1. The highest BCUT2D eigenvalue weighted by Crippen LogP contribution is 2.33. The number of benzene rings is 1. The van der Waals surface area contributed by atoms with Crippen molar-refractivity contribution in [2.45, 2.75) is 44.7 Å². The molecular formula is C17H22N2OS. The van der Waals surface area contributed by atoms with Crippen molar-refractivity contribution in [3.8, 4) is 5.75 Å². The Kier molecular flexibility index (Phi) is 4.00. The molecule has 0 radical (unpaired) electrons. The van der Waals surface area contributed by atoms with E-state index in [9.17, 15) is 0 Å². The molecule has 0 bridgehead atoms. The van der Waals surface area contributed by atoms with Crippen LogP contribution in [0.1, 0.15) is 36.0 Å². The van der Waals surface area contributed by atoms with Gasteiger partial charge in [0.1, 0.15) is 10.8 Å². The van der Waals surface area contributed by atoms with Crippen LogP contribution in [0.4, 0.5) is 0 Å². The summed E-state index contributed by atoms with van der Waals surface area (Å²) < 4.78 is 5.24. The lowest BCUT2D eigenvalue weighted by molar-refractivity contribution is 0.357. The average molecular weight is 302 g/mol. The Labute approximate surface area is 130 Å². The first-order chi connectivity index (χ1) is 10.1. The van der Waals surface area contributed by atoms with Gasteiger partial charge in [-0.15, -0.1) is 11.3 Å². The standard InChI is InChI=1S/C17H22N2OS/c1-12-11-21-16(18-12)17(2,19-14-6-7-14)10-13-4-8-15(20-3)9-5-13/h4-5,8-9,11,14,19H,6-7,10H2,1-3H3. The molecular weight excluding hydrogens is 280 g/mol. The lowest BCUT2D eigenvalue weighted by Gasteiger charge is -2.29. The molecule has 2 aromatic rings. The molecule has 1 N–H and O–H groups in total. The molecule has 1 atom stereocenters. The molecule has 21 heavy (non-hydrogen) atoms. The summed E-state index contributed by atoms with van der Waals surface area (Å²) in [5.74, 6) is 0.903. The van der Waals surface area contributed by atoms with Gasteiger partial charge in [0.25, 0.3) is 0 Å². The maximum absolute atomic E-state index is 5.24. The number of nitrogens with zero attached hydrogens (tertiary/aromatic N) is 1. The molecule has 0 amide bonds. The second-order valence-electron chi connectivity index (χ2n) is 6.07. The summed E-state index contributed by atoms with van der Waals surface area (Å²) in [5.41, 5.74) is 2.32. The Morgan fingerprint density at radius 1 is 1.33 bits per heavy atom. The minimum absolute atomic E-state index is 0.0886. The third-order valence-electron chi connectivity index (χ3n) is 3.91. The number of ether oxygens (including phenoxy) is 1. The number of methoxy groups -OCH3 is 1. The highest BCUT2D eigenvalue weighted by molar-refractivity contribution is 7.09. The summed E-state index contributed by atoms with van der Waals surface area (Å²) in [6.45, 7) is 4.33. The first-order valence-corrected chi connectivity index (χ1v) is 8.30. The first-order valence-electron chi connectivity index (χ1n) is 7.42. The third-order valence-corrected chi connectivity index (χ3v) is 5.13. The van der Waals surface area contributed by atoms with E-state index < -0.39 is 0 Å². The van der Waals surface area contributed by atoms with E-state index in [2.05, 4.69) is 36.7 Å². The smallest absolute Gasteiger partial charge is 0.118 e. The molecule has 0 spiro atoms. The highest BCUT2D eigenvalue weighted by atomic mass is 32.1. The quantitative estimate of drug-likeness (QED) is 0.884. The molecule has 1 aliphatic rings. The van der Waals surface area contributed by atoms with Gasteiger partial charge < -0.3 is 10.1 Å². The SMILES string of the molecule is COc1ccc(CC(C)(NC2CC2)c2nc(C)cs2)cc1. The molecule has 1 saturated carbocycles. The first kappa shape index (κ1) is 14.5. The number of rotatable bonds is 6. The summed E-state index contributed by atoms with van der Waals surface area (Å²) in [6, 6.07) is 9.00. The third kappa shape index (κ3) is 3.44. The fourth-order valence-electron chi connectivity index (χ4n) is 2.63. The van der Waals surface area contributed by atoms with Crippen molar-refractivity contribution < 1.29 is 4.74 Å². The minimum Gasteiger partial charge on any atom is -0.497 e. The topological polar surface area (TPSA) is 34.1 Å². The summed E-state index contributed by atoms with van der Waals surface area (Å²) in [7, 11) is 1.70. The van der Waals surface area contributed by atoms with E-state index in [4.69, 9.17) is 9.72 Å². The number of aromatic nitrogens is 1. The molecule has 112 valence electrons. The van der Waals surface area contributed by atoms with Gasteiger partial charge in [-0.2, -0.15) is 0 Å². The lowest BCUT2D eigenvalue weighted by atomic mass is 9.93. The number of nitrogens with one attached hydrogen (secondary N) is 1. The van der Waals surface area contributed by atoms with Gasteiger partial charge >= 0.3 is 0 Å². The number of aryl methyl sites for hydroxylation is 1. The van der Waals surface area contributed by atoms with Gasteiger partial charge in [-0.25, -0.2) is 4.98 Å². The second kappa shape index (κ2) is 5.78. The van der Waals surface area contributed by atoms with E-state index in [-0.39, 0.29) is 5.54 Å². The van der Waals surface area contributed by atoms with Gasteiger partial charge in [0.2, 0.25) is 0 Å². The maximum Gasteiger partial charge on any atom is 0.118 e. The Hall–Kier alpha value is -1.39. The Morgan fingerprint density at radius 3 is 2.57 bits per heavy atom. The van der Waals surface area contributed by atoms with Crippen molar-refractivity contribution in [3.63, 3.8) is 0 Å². The van der Waals surface area contributed by atoms with E-state index in [1.54, 1.807) is 18.4 Å². The zero-order chi connectivity index (χ0) is 14.9. The molecule has 1 heterocycles. The minimum atomic E-state index is -0.0886. The van der Waals surface area contributed by atoms with Gasteiger partial charge in [0.15, 0.2) is 0 Å². The molecule has 4 heteroatoms. The van der Waals surface area contributed by atoms with Crippen LogP contribution < -0.4 is 10.1 Å². The summed E-state index contributed by atoms with van der Waals surface area (Å²) in [6.07, 6.45) is 3.51. The summed E-state index contributed by atoms with van der Waals surface area (Å²) in [4.78, 5) is 4.72. The van der Waals surface area contributed by atoms with E-state index >= 15 is 0 Å². The Morgan fingerprint density at radius 2 is 2.05 bits per heavy atom. The summed E-state index contributed by atoms with van der Waals surface area (Å²) in [5, 5.41) is 7.11. The monoisotopic (exact) mass is 302 g/mol. The lowest BCUT2D eigenvalue weighted by Crippen LogP contribution is -2.42. The van der Waals surface area contributed by atoms with E-state index in [0.717, 1.165) is 17.9 Å². The van der Waals surface area contributed by atoms with E-state index in [0.29, 0.717) is 6.04 Å². The highest BCUT2D eigenvalue weighted by Gasteiger charge is 2.36. The number of hydrogen-bond donors (Lipinski definition) is 1. The zero-order valence-corrected chi connectivity index (χ0v) is 13.7. The molecule has 0 aliphatic heterocycles. The van der Waals surface area contributed by atoms with Crippen LogP contribution in [0, 0.1) is 6.92 Å². The van der Waals surface area contributed by atoms with Gasteiger partial charge in [-0.05, 0) is 50.8 Å². The van der Waals surface area contributed by atoms with Crippen LogP contribution >= 0.6 is 11.3 Å². The fourth-order valence-corrected chi connectivity index (χ4v) is 3.55. The molecule has 3 nitrogen and oxygen atoms in total. The molecule has 1 aliphatic carbocycles. The predicted octanol–water partition coefficient (Wildman–Crippen LogP) is 3.67. The van der Waals surface area contributed by atoms with Crippen LogP contribution in [0.15, 0.2) is 29.6 Å². The van der Waals surface area contributed by atoms with Crippen molar-refractivity contribution in [2.75, 3.05) is 7.11 Å². The normalized spacial score (nSPS) is 17.5. The molecule has 1 aromatic heterocycles. The van der Waals surface area contributed by atoms with Crippen LogP contribution in [-0.2, 0) is 12.0 Å². The van der Waals surface area contributed by atoms with Crippen LogP contribution in [-0.4, -0.2) is 18.1 Å². The van der Waals surface area contributed by atoms with Crippen molar-refractivity contribution in [3.05, 3.63) is 45.9 Å². The predicted molar refractivity (Wildman–Crippen MR) is 87.1 cm³/mol. The largest absolute Gasteiger partial charge is 0.497 e. The molecule has 1 fully saturated rings. The van der Waals surface area contributed by atoms with Crippen molar-refractivity contribution in [1.82, 2.24) is 10.3 Å². The summed E-state index contributed by atoms with van der Waals surface area (Å²) >= 11 is 1.75. The van der Waals surface area contributed by atoms with E-state index in [1.807, 2.05) is 12.1 Å². The van der Waals surface area contributed by atoms with Crippen LogP contribution in [0.25, 0.3) is 0 Å². The van der Waals surface area contributed by atoms with Crippen LogP contribution in [0.3, 0.4) is 0 Å². The Bertz CT molecular complexity index is 604. The molecule has 1 unspecified atom stereocenters. The van der Waals surface area contributed by atoms with Gasteiger partial charge in [-0.3, -0.25) is 0 Å². The van der Waals surface area contributed by atoms with Gasteiger partial charge in [0, 0.05) is 17.1 Å². The molecule has 0 saturated heterocycles. The second-order valence-corrected chi connectivity index (χ2v) is 6.93. The van der Waals surface area contributed by atoms with Crippen molar-refractivity contribution >= 4 is 11.3 Å². The van der Waals surface area contributed by atoms with Gasteiger partial charge in [-0.1, -0.05) is 12.1 Å².